The van der Waals surface area contributed by atoms with Crippen LogP contribution in [0.25, 0.3) is 0 Å². The second-order valence-electron chi connectivity index (χ2n) is 4.05. The summed E-state index contributed by atoms with van der Waals surface area (Å²) in [6, 6.07) is 0. The number of carbonyl (C=O) groups is 2. The van der Waals surface area contributed by atoms with Crippen molar-refractivity contribution in [2.75, 3.05) is 32.6 Å². The summed E-state index contributed by atoms with van der Waals surface area (Å²) in [6.07, 6.45) is 5.20. The van der Waals surface area contributed by atoms with Crippen LogP contribution in [0.15, 0.2) is 22.0 Å². The third-order valence-electron chi connectivity index (χ3n) is 2.91. The summed E-state index contributed by atoms with van der Waals surface area (Å²) in [6.45, 7) is 2.09. The van der Waals surface area contributed by atoms with Crippen LogP contribution in [0.5, 0.6) is 0 Å². The van der Waals surface area contributed by atoms with Crippen LogP contribution in [0.2, 0.25) is 0 Å². The Morgan fingerprint density at radius 2 is 2.11 bits per heavy atom. The largest absolute Gasteiger partial charge is 0.478 e. The predicted molar refractivity (Wildman–Crippen MR) is 76.1 cm³/mol. The first-order valence-electron chi connectivity index (χ1n) is 5.86. The Morgan fingerprint density at radius 1 is 1.42 bits per heavy atom. The van der Waals surface area contributed by atoms with E-state index in [2.05, 4.69) is 0 Å². The van der Waals surface area contributed by atoms with Crippen LogP contribution in [-0.2, 0) is 14.3 Å². The number of carboxylic acids is 1. The molecule has 2 aliphatic rings. The lowest BCUT2D eigenvalue weighted by atomic mass is 10.1. The van der Waals surface area contributed by atoms with Crippen molar-refractivity contribution in [3.8, 4) is 0 Å². The molecule has 0 aromatic rings. The smallest absolute Gasteiger partial charge is 0.333 e. The quantitative estimate of drug-likeness (QED) is 0.844. The second-order valence-corrected chi connectivity index (χ2v) is 6.31. The molecule has 2 rings (SSSR count). The molecule has 0 aliphatic carbocycles. The van der Waals surface area contributed by atoms with E-state index in [-0.39, 0.29) is 11.5 Å². The van der Waals surface area contributed by atoms with Crippen molar-refractivity contribution in [2.24, 2.45) is 0 Å². The highest BCUT2D eigenvalue weighted by Crippen LogP contribution is 2.38. The number of hydrogen-bond donors (Lipinski definition) is 1. The van der Waals surface area contributed by atoms with Crippen molar-refractivity contribution in [2.45, 2.75) is 5.25 Å². The number of aliphatic carboxylic acids is 1. The van der Waals surface area contributed by atoms with E-state index in [1.165, 1.54) is 29.6 Å². The summed E-state index contributed by atoms with van der Waals surface area (Å²) in [4.78, 5) is 25.4. The minimum absolute atomic E-state index is 0.137. The summed E-state index contributed by atoms with van der Waals surface area (Å²) in [7, 11) is 0. The Morgan fingerprint density at radius 3 is 2.68 bits per heavy atom. The maximum atomic E-state index is 12.4. The molecule has 0 saturated carbocycles. The molecule has 2 heterocycles. The van der Waals surface area contributed by atoms with Gasteiger partial charge in [-0.1, -0.05) is 0 Å². The molecule has 1 unspecified atom stereocenters. The number of hydrogen-bond acceptors (Lipinski definition) is 5. The molecule has 104 valence electrons. The first-order valence-corrected chi connectivity index (χ1v) is 7.96. The van der Waals surface area contributed by atoms with E-state index in [4.69, 9.17) is 4.74 Å². The Hall–Kier alpha value is -0.920. The van der Waals surface area contributed by atoms with Gasteiger partial charge in [-0.3, -0.25) is 4.79 Å². The van der Waals surface area contributed by atoms with E-state index in [9.17, 15) is 14.7 Å². The van der Waals surface area contributed by atoms with Crippen LogP contribution < -0.4 is 0 Å². The van der Waals surface area contributed by atoms with Gasteiger partial charge in [0.2, 0.25) is 5.91 Å². The number of thioether (sulfide) groups is 2. The van der Waals surface area contributed by atoms with Gasteiger partial charge in [0.25, 0.3) is 0 Å². The van der Waals surface area contributed by atoms with E-state index < -0.39 is 11.2 Å². The number of amides is 1. The van der Waals surface area contributed by atoms with Gasteiger partial charge in [-0.05, 0) is 18.4 Å². The van der Waals surface area contributed by atoms with Crippen molar-refractivity contribution in [1.29, 1.82) is 0 Å². The van der Waals surface area contributed by atoms with E-state index in [1.807, 2.05) is 6.26 Å². The molecule has 1 fully saturated rings. The number of carboxylic acid groups (broad SMARTS) is 1. The van der Waals surface area contributed by atoms with Gasteiger partial charge in [-0.25, -0.2) is 4.79 Å². The highest BCUT2D eigenvalue weighted by Gasteiger charge is 2.34. The standard InChI is InChI=1S/C12H15NO4S2/c1-18-9-3-2-8(12(15)16)10(19-9)11(14)13-4-6-17-7-5-13/h2-3,10H,4-7H2,1H3,(H,15,16). The molecular weight excluding hydrogens is 286 g/mol. The normalized spacial score (nSPS) is 23.6. The Balaban J connectivity index is 2.16. The van der Waals surface area contributed by atoms with Crippen LogP contribution in [0.4, 0.5) is 0 Å². The summed E-state index contributed by atoms with van der Waals surface area (Å²) < 4.78 is 6.16. The summed E-state index contributed by atoms with van der Waals surface area (Å²) in [5, 5.41) is 8.55. The molecule has 0 radical (unpaired) electrons. The molecule has 0 spiro atoms. The van der Waals surface area contributed by atoms with Gasteiger partial charge in [-0.15, -0.1) is 23.5 Å². The molecule has 1 amide bonds. The van der Waals surface area contributed by atoms with E-state index in [0.717, 1.165) is 4.24 Å². The highest BCUT2D eigenvalue weighted by atomic mass is 32.2. The van der Waals surface area contributed by atoms with Gasteiger partial charge in [0, 0.05) is 17.3 Å². The highest BCUT2D eigenvalue weighted by molar-refractivity contribution is 8.22. The number of carbonyl (C=O) groups excluding carboxylic acids is 1. The predicted octanol–water partition coefficient (Wildman–Crippen LogP) is 1.18. The van der Waals surface area contributed by atoms with Crippen molar-refractivity contribution in [3.05, 3.63) is 22.0 Å². The lowest BCUT2D eigenvalue weighted by Gasteiger charge is -2.31. The summed E-state index contributed by atoms with van der Waals surface area (Å²) in [5.41, 5.74) is 0.152. The van der Waals surface area contributed by atoms with Crippen molar-refractivity contribution >= 4 is 35.4 Å². The number of morpholine rings is 1. The molecule has 7 heteroatoms. The van der Waals surface area contributed by atoms with Crippen LogP contribution >= 0.6 is 23.5 Å². The molecule has 1 saturated heterocycles. The molecule has 0 bridgehead atoms. The molecule has 2 aliphatic heterocycles. The van der Waals surface area contributed by atoms with Crippen molar-refractivity contribution in [1.82, 2.24) is 4.90 Å². The van der Waals surface area contributed by atoms with E-state index >= 15 is 0 Å². The average Bonchev–Trinajstić information content (AvgIpc) is 2.46. The fourth-order valence-corrected chi connectivity index (χ4v) is 3.71. The molecule has 19 heavy (non-hydrogen) atoms. The Bertz CT molecular complexity index is 441. The Labute approximate surface area is 120 Å². The zero-order valence-corrected chi connectivity index (χ0v) is 12.1. The fraction of sp³-hybridized carbons (Fsp3) is 0.500. The van der Waals surface area contributed by atoms with Gasteiger partial charge in [0.15, 0.2) is 0 Å². The number of ether oxygens (including phenoxy) is 1. The van der Waals surface area contributed by atoms with Crippen LogP contribution in [-0.4, -0.2) is 59.7 Å². The van der Waals surface area contributed by atoms with Gasteiger partial charge in [0.1, 0.15) is 5.25 Å². The summed E-state index contributed by atoms with van der Waals surface area (Å²) >= 11 is 2.83. The molecule has 0 aromatic carbocycles. The minimum atomic E-state index is -1.03. The lowest BCUT2D eigenvalue weighted by Crippen LogP contribution is -2.46. The monoisotopic (exact) mass is 301 g/mol. The molecule has 0 aromatic heterocycles. The third kappa shape index (κ3) is 3.34. The minimum Gasteiger partial charge on any atom is -0.478 e. The SMILES string of the molecule is CSC1=CC=C(C(=O)O)C(C(=O)N2CCOCC2)S1. The maximum Gasteiger partial charge on any atom is 0.333 e. The average molecular weight is 301 g/mol. The third-order valence-corrected chi connectivity index (χ3v) is 5.30. The molecule has 5 nitrogen and oxygen atoms in total. The Kier molecular flexibility index (Phi) is 4.95. The van der Waals surface area contributed by atoms with Crippen LogP contribution in [0.1, 0.15) is 0 Å². The lowest BCUT2D eigenvalue weighted by molar-refractivity contribution is -0.137. The van der Waals surface area contributed by atoms with Crippen molar-refractivity contribution in [3.63, 3.8) is 0 Å². The topological polar surface area (TPSA) is 66.8 Å². The molecule has 1 atom stereocenters. The first-order chi connectivity index (χ1) is 9.13. The zero-order chi connectivity index (χ0) is 13.8. The van der Waals surface area contributed by atoms with Crippen LogP contribution in [0.3, 0.4) is 0 Å². The van der Waals surface area contributed by atoms with E-state index in [0.29, 0.717) is 26.3 Å². The first kappa shape index (κ1) is 14.5. The van der Waals surface area contributed by atoms with E-state index in [1.54, 1.807) is 11.0 Å². The fourth-order valence-electron chi connectivity index (χ4n) is 1.90. The zero-order valence-electron chi connectivity index (χ0n) is 10.5. The number of nitrogens with zero attached hydrogens (tertiary/aromatic N) is 1. The van der Waals surface area contributed by atoms with Gasteiger partial charge in [0.05, 0.1) is 18.8 Å². The van der Waals surface area contributed by atoms with Crippen molar-refractivity contribution < 1.29 is 19.4 Å². The number of rotatable bonds is 3. The number of allylic oxidation sites excluding steroid dienone is 2. The van der Waals surface area contributed by atoms with Gasteiger partial charge < -0.3 is 14.7 Å². The van der Waals surface area contributed by atoms with Gasteiger partial charge in [-0.2, -0.15) is 0 Å². The molecule has 1 N–H and O–H groups in total. The maximum absolute atomic E-state index is 12.4. The van der Waals surface area contributed by atoms with Crippen LogP contribution in [0, 0.1) is 0 Å². The summed E-state index contributed by atoms with van der Waals surface area (Å²) in [5.74, 6) is -1.17. The second kappa shape index (κ2) is 6.49. The van der Waals surface area contributed by atoms with Gasteiger partial charge >= 0.3 is 5.97 Å². The molecular formula is C12H15NO4S2.